The molecule has 1 saturated heterocycles. The molecule has 3 N–H and O–H groups in total. The van der Waals surface area contributed by atoms with Gasteiger partial charge in [-0.1, -0.05) is 78.4 Å². The number of nitrogens with one attached hydrogen (secondary N) is 2. The second kappa shape index (κ2) is 9.46. The molecule has 10 heteroatoms. The summed E-state index contributed by atoms with van der Waals surface area (Å²) in [4.78, 5) is 26.3. The Labute approximate surface area is 215 Å². The Bertz CT molecular complexity index is 1470. The fourth-order valence-corrected chi connectivity index (χ4v) is 4.64. The van der Waals surface area contributed by atoms with Gasteiger partial charge in [0.2, 0.25) is 5.72 Å². The number of aliphatic hydroxyl groups is 1. The summed E-state index contributed by atoms with van der Waals surface area (Å²) >= 11 is 0. The second-order valence-electron chi connectivity index (χ2n) is 9.13. The zero-order valence-electron chi connectivity index (χ0n) is 20.1. The number of amides is 2. The number of alkyl halides is 3. The summed E-state index contributed by atoms with van der Waals surface area (Å²) < 4.78 is 44.7. The van der Waals surface area contributed by atoms with Crippen LogP contribution in [0.15, 0.2) is 91.1 Å². The van der Waals surface area contributed by atoms with Crippen LogP contribution in [-0.2, 0) is 0 Å². The molecule has 0 aliphatic carbocycles. The number of hydrogen-bond donors (Lipinski definition) is 3. The van der Waals surface area contributed by atoms with Crippen LogP contribution in [0.4, 0.5) is 18.0 Å². The van der Waals surface area contributed by atoms with Crippen molar-refractivity contribution in [3.05, 3.63) is 108 Å². The van der Waals surface area contributed by atoms with Gasteiger partial charge < -0.3 is 15.7 Å². The lowest BCUT2D eigenvalue weighted by Crippen LogP contribution is -2.72. The summed E-state index contributed by atoms with van der Waals surface area (Å²) in [7, 11) is 0. The lowest BCUT2D eigenvalue weighted by molar-refractivity contribution is -0.287. The monoisotopic (exact) mass is 520 g/mol. The number of urea groups is 1. The van der Waals surface area contributed by atoms with Gasteiger partial charge in [-0.05, 0) is 19.1 Å². The van der Waals surface area contributed by atoms with Gasteiger partial charge in [-0.3, -0.25) is 4.79 Å². The molecule has 2 amide bonds. The number of halogens is 3. The van der Waals surface area contributed by atoms with Crippen LogP contribution in [0.1, 0.15) is 27.5 Å². The minimum absolute atomic E-state index is 0.0389. The van der Waals surface area contributed by atoms with E-state index in [1.165, 1.54) is 23.0 Å². The van der Waals surface area contributed by atoms with E-state index in [9.17, 15) is 27.9 Å². The Morgan fingerprint density at radius 2 is 1.58 bits per heavy atom. The summed E-state index contributed by atoms with van der Waals surface area (Å²) in [6.45, 7) is 1.77. The molecule has 0 saturated carbocycles. The molecule has 4 aromatic rings. The molecule has 0 bridgehead atoms. The van der Waals surface area contributed by atoms with Gasteiger partial charge in [0.1, 0.15) is 5.92 Å². The smallest absolute Gasteiger partial charge is 0.363 e. The molecular weight excluding hydrogens is 497 g/mol. The first-order valence-corrected chi connectivity index (χ1v) is 11.8. The molecule has 0 radical (unpaired) electrons. The van der Waals surface area contributed by atoms with Gasteiger partial charge in [0.05, 0.1) is 17.4 Å². The fraction of sp³-hybridized carbons (Fsp3) is 0.179. The number of Topliss-reactive ketones (excluding diaryl/α,β-unsaturated/α-hetero) is 1. The van der Waals surface area contributed by atoms with Crippen LogP contribution in [0.3, 0.4) is 0 Å². The van der Waals surface area contributed by atoms with Crippen LogP contribution in [0.2, 0.25) is 0 Å². The Hall–Kier alpha value is -4.44. The average molecular weight is 521 g/mol. The molecule has 1 aliphatic rings. The van der Waals surface area contributed by atoms with Gasteiger partial charge in [-0.25, -0.2) is 9.48 Å². The number of hydrogen-bond acceptors (Lipinski definition) is 4. The first kappa shape index (κ1) is 25.2. The van der Waals surface area contributed by atoms with Gasteiger partial charge in [0, 0.05) is 22.9 Å². The lowest BCUT2D eigenvalue weighted by Gasteiger charge is -2.44. The van der Waals surface area contributed by atoms with Crippen molar-refractivity contribution >= 4 is 11.8 Å². The van der Waals surface area contributed by atoms with Crippen molar-refractivity contribution in [3.63, 3.8) is 0 Å². The summed E-state index contributed by atoms with van der Waals surface area (Å²) in [6, 6.07) is 20.7. The Balaban J connectivity index is 1.73. The van der Waals surface area contributed by atoms with Gasteiger partial charge in [-0.15, -0.1) is 0 Å². The molecule has 1 aliphatic heterocycles. The number of rotatable bonds is 5. The standard InChI is InChI=1S/C28H23F3N4O3/c1-17-12-14-19(15-13-17)25(36)22-24(32-26(37)33-27(22,38)28(29,30)31)21-16-35(20-10-6-3-7-11-20)34-23(21)18-8-4-2-5-9-18/h2-16,22,24,38H,1H3,(H2,32,33,37)/t22-,24-,27-/m0/s1. The quantitative estimate of drug-likeness (QED) is 0.325. The highest BCUT2D eigenvalue weighted by Gasteiger charge is 2.66. The highest BCUT2D eigenvalue weighted by atomic mass is 19.4. The summed E-state index contributed by atoms with van der Waals surface area (Å²) in [5.74, 6) is -3.16. The minimum Gasteiger partial charge on any atom is -0.363 e. The van der Waals surface area contributed by atoms with Crippen LogP contribution in [-0.4, -0.2) is 38.6 Å². The zero-order chi connectivity index (χ0) is 27.1. The van der Waals surface area contributed by atoms with E-state index in [1.807, 2.05) is 0 Å². The Kier molecular flexibility index (Phi) is 6.28. The fourth-order valence-electron chi connectivity index (χ4n) is 4.64. The first-order chi connectivity index (χ1) is 18.1. The molecular formula is C28H23F3N4O3. The number of aryl methyl sites for hydroxylation is 1. The van der Waals surface area contributed by atoms with Crippen molar-refractivity contribution in [2.75, 3.05) is 0 Å². The third-order valence-electron chi connectivity index (χ3n) is 6.57. The molecule has 3 aromatic carbocycles. The van der Waals surface area contributed by atoms with E-state index in [2.05, 4.69) is 10.4 Å². The number of nitrogens with zero attached hydrogens (tertiary/aromatic N) is 2. The van der Waals surface area contributed by atoms with Gasteiger partial charge in [0.25, 0.3) is 0 Å². The number of aromatic nitrogens is 2. The van der Waals surface area contributed by atoms with Crippen molar-refractivity contribution in [2.24, 2.45) is 5.92 Å². The van der Waals surface area contributed by atoms with Gasteiger partial charge >= 0.3 is 12.2 Å². The predicted octanol–water partition coefficient (Wildman–Crippen LogP) is 4.95. The van der Waals surface area contributed by atoms with Gasteiger partial charge in [-0.2, -0.15) is 18.3 Å². The van der Waals surface area contributed by atoms with Crippen molar-refractivity contribution < 1.29 is 27.9 Å². The van der Waals surface area contributed by atoms with Crippen molar-refractivity contribution in [2.45, 2.75) is 24.9 Å². The van der Waals surface area contributed by atoms with Crippen LogP contribution in [0, 0.1) is 12.8 Å². The van der Waals surface area contributed by atoms with Crippen LogP contribution >= 0.6 is 0 Å². The van der Waals surface area contributed by atoms with E-state index in [0.717, 1.165) is 5.56 Å². The third kappa shape index (κ3) is 4.43. The molecule has 3 atom stereocenters. The molecule has 194 valence electrons. The van der Waals surface area contributed by atoms with Crippen molar-refractivity contribution in [1.29, 1.82) is 0 Å². The third-order valence-corrected chi connectivity index (χ3v) is 6.57. The maximum absolute atomic E-state index is 14.4. The summed E-state index contributed by atoms with van der Waals surface area (Å²) in [5, 5.41) is 19.6. The SMILES string of the molecule is Cc1ccc(C(=O)[C@@H]2[C@H](c3cn(-c4ccccc4)nc3-c3ccccc3)NC(=O)N[C@@]2(O)C(F)(F)F)cc1. The summed E-state index contributed by atoms with van der Waals surface area (Å²) in [6.07, 6.45) is -3.89. The minimum atomic E-state index is -5.36. The van der Waals surface area contributed by atoms with Crippen LogP contribution in [0.25, 0.3) is 16.9 Å². The predicted molar refractivity (Wildman–Crippen MR) is 133 cm³/mol. The van der Waals surface area contributed by atoms with Crippen LogP contribution in [0.5, 0.6) is 0 Å². The largest absolute Gasteiger partial charge is 0.437 e. The maximum Gasteiger partial charge on any atom is 0.437 e. The molecule has 2 heterocycles. The zero-order valence-corrected chi connectivity index (χ0v) is 20.1. The van der Waals surface area contributed by atoms with Crippen molar-refractivity contribution in [1.82, 2.24) is 20.4 Å². The molecule has 0 unspecified atom stereocenters. The van der Waals surface area contributed by atoms with E-state index in [0.29, 0.717) is 11.3 Å². The molecule has 7 nitrogen and oxygen atoms in total. The molecule has 1 fully saturated rings. The number of benzene rings is 3. The normalized spacial score (nSPS) is 21.4. The van der Waals surface area contributed by atoms with Gasteiger partial charge in [0.15, 0.2) is 5.78 Å². The number of ketones is 1. The number of para-hydroxylation sites is 1. The van der Waals surface area contributed by atoms with E-state index in [1.54, 1.807) is 85.0 Å². The molecule has 0 spiro atoms. The number of carbonyl (C=O) groups excluding carboxylic acids is 2. The molecule has 5 rings (SSSR count). The topological polar surface area (TPSA) is 96.2 Å². The maximum atomic E-state index is 14.4. The second-order valence-corrected chi connectivity index (χ2v) is 9.13. The highest BCUT2D eigenvalue weighted by molar-refractivity contribution is 6.00. The van der Waals surface area contributed by atoms with Crippen molar-refractivity contribution in [3.8, 4) is 16.9 Å². The summed E-state index contributed by atoms with van der Waals surface area (Å²) in [5.41, 5.74) is -1.51. The molecule has 38 heavy (non-hydrogen) atoms. The lowest BCUT2D eigenvalue weighted by atomic mass is 9.77. The Morgan fingerprint density at radius 1 is 0.974 bits per heavy atom. The van der Waals surface area contributed by atoms with E-state index < -0.39 is 35.7 Å². The molecule has 1 aromatic heterocycles. The van der Waals surface area contributed by atoms with E-state index in [4.69, 9.17) is 0 Å². The van der Waals surface area contributed by atoms with E-state index >= 15 is 0 Å². The Morgan fingerprint density at radius 3 is 2.18 bits per heavy atom. The highest BCUT2D eigenvalue weighted by Crippen LogP contribution is 2.45. The van der Waals surface area contributed by atoms with E-state index in [-0.39, 0.29) is 16.8 Å². The number of carbonyl (C=O) groups is 2. The first-order valence-electron chi connectivity index (χ1n) is 11.8. The van der Waals surface area contributed by atoms with Crippen LogP contribution < -0.4 is 10.6 Å². The average Bonchev–Trinajstić information content (AvgIpc) is 3.34.